The van der Waals surface area contributed by atoms with E-state index in [9.17, 15) is 0 Å². The average molecular weight is 242 g/mol. The van der Waals surface area contributed by atoms with Gasteiger partial charge >= 0.3 is 0 Å². The fourth-order valence-corrected chi connectivity index (χ4v) is 1.40. The van der Waals surface area contributed by atoms with Crippen molar-refractivity contribution in [3.05, 3.63) is 23.7 Å². The van der Waals surface area contributed by atoms with Gasteiger partial charge in [-0.25, -0.2) is 0 Å². The summed E-state index contributed by atoms with van der Waals surface area (Å²) < 4.78 is 15.6. The second-order valence-electron chi connectivity index (χ2n) is 4.00. The van der Waals surface area contributed by atoms with E-state index < -0.39 is 0 Å². The van der Waals surface area contributed by atoms with Gasteiger partial charge in [0.05, 0.1) is 11.5 Å². The zero-order chi connectivity index (χ0) is 12.9. The lowest BCUT2D eigenvalue weighted by Crippen LogP contribution is -1.90. The van der Waals surface area contributed by atoms with Gasteiger partial charge < -0.3 is 14.2 Å². The van der Waals surface area contributed by atoms with E-state index in [1.54, 1.807) is 14.2 Å². The maximum Gasteiger partial charge on any atom is 0.0965 e. The van der Waals surface area contributed by atoms with Gasteiger partial charge in [0.2, 0.25) is 0 Å². The highest BCUT2D eigenvalue weighted by Gasteiger charge is 1.93. The Morgan fingerprint density at radius 2 is 1.24 bits per heavy atom. The predicted octanol–water partition coefficient (Wildman–Crippen LogP) is 3.66. The van der Waals surface area contributed by atoms with Crippen LogP contribution < -0.4 is 0 Å². The minimum absolute atomic E-state index is 0.801. The highest BCUT2D eigenvalue weighted by Crippen LogP contribution is 2.08. The van der Waals surface area contributed by atoms with Crippen LogP contribution in [0, 0.1) is 0 Å². The highest BCUT2D eigenvalue weighted by molar-refractivity contribution is 4.97. The molecular weight excluding hydrogens is 216 g/mol. The van der Waals surface area contributed by atoms with Gasteiger partial charge in [0, 0.05) is 27.4 Å². The lowest BCUT2D eigenvalue weighted by atomic mass is 10.3. The topological polar surface area (TPSA) is 27.7 Å². The molecule has 3 nitrogen and oxygen atoms in total. The quantitative estimate of drug-likeness (QED) is 0.432. The second-order valence-corrected chi connectivity index (χ2v) is 4.00. The third-order valence-corrected chi connectivity index (χ3v) is 2.29. The van der Waals surface area contributed by atoms with Gasteiger partial charge in [-0.1, -0.05) is 0 Å². The Balaban J connectivity index is 3.73. The van der Waals surface area contributed by atoms with Crippen LogP contribution in [-0.2, 0) is 14.2 Å². The number of hydrogen-bond donors (Lipinski definition) is 0. The SMILES string of the molecule is COCCCC=C(C)OC(C)=CCCCOC. The largest absolute Gasteiger partial charge is 0.467 e. The maximum absolute atomic E-state index is 5.65. The molecule has 0 amide bonds. The van der Waals surface area contributed by atoms with Crippen LogP contribution in [-0.4, -0.2) is 27.4 Å². The van der Waals surface area contributed by atoms with Gasteiger partial charge in [-0.2, -0.15) is 0 Å². The molecule has 0 aliphatic carbocycles. The first-order valence-corrected chi connectivity index (χ1v) is 6.20. The van der Waals surface area contributed by atoms with Crippen LogP contribution >= 0.6 is 0 Å². The Bertz CT molecular complexity index is 208. The summed E-state index contributed by atoms with van der Waals surface area (Å²) in [6, 6.07) is 0. The van der Waals surface area contributed by atoms with Gasteiger partial charge in [-0.05, 0) is 51.7 Å². The Morgan fingerprint density at radius 1 is 0.824 bits per heavy atom. The standard InChI is InChI=1S/C14H26O3/c1-13(9-5-7-11-15-3)17-14(2)10-6-8-12-16-4/h9-10H,5-8,11-12H2,1-4H3. The third kappa shape index (κ3) is 11.5. The molecule has 0 saturated heterocycles. The van der Waals surface area contributed by atoms with Crippen molar-refractivity contribution >= 4 is 0 Å². The minimum Gasteiger partial charge on any atom is -0.467 e. The molecule has 0 N–H and O–H groups in total. The summed E-state index contributed by atoms with van der Waals surface area (Å²) in [7, 11) is 3.44. The molecule has 0 fully saturated rings. The van der Waals surface area contributed by atoms with E-state index in [1.165, 1.54) is 0 Å². The van der Waals surface area contributed by atoms with Crippen LogP contribution in [0.25, 0.3) is 0 Å². The van der Waals surface area contributed by atoms with Crippen LogP contribution in [0.5, 0.6) is 0 Å². The molecule has 0 aliphatic heterocycles. The number of hydrogen-bond acceptors (Lipinski definition) is 3. The van der Waals surface area contributed by atoms with E-state index in [2.05, 4.69) is 12.2 Å². The molecule has 0 aromatic rings. The van der Waals surface area contributed by atoms with E-state index in [1.807, 2.05) is 13.8 Å². The first-order chi connectivity index (χ1) is 8.20. The molecule has 0 radical (unpaired) electrons. The molecule has 0 atom stereocenters. The second kappa shape index (κ2) is 11.7. The molecule has 0 bridgehead atoms. The van der Waals surface area contributed by atoms with E-state index >= 15 is 0 Å². The first kappa shape index (κ1) is 16.2. The van der Waals surface area contributed by atoms with Crippen molar-refractivity contribution in [1.82, 2.24) is 0 Å². The molecule has 3 heteroatoms. The van der Waals surface area contributed by atoms with Crippen molar-refractivity contribution in [2.24, 2.45) is 0 Å². The lowest BCUT2D eigenvalue weighted by molar-refractivity contribution is 0.195. The summed E-state index contributed by atoms with van der Waals surface area (Å²) in [6.45, 7) is 5.57. The number of unbranched alkanes of at least 4 members (excludes halogenated alkanes) is 2. The molecule has 0 heterocycles. The van der Waals surface area contributed by atoms with E-state index in [0.717, 1.165) is 50.4 Å². The van der Waals surface area contributed by atoms with Gasteiger partial charge in [0.25, 0.3) is 0 Å². The summed E-state index contributed by atoms with van der Waals surface area (Å²) in [5.41, 5.74) is 0. The maximum atomic E-state index is 5.65. The van der Waals surface area contributed by atoms with Gasteiger partial charge in [-0.3, -0.25) is 0 Å². The van der Waals surface area contributed by atoms with Gasteiger partial charge in [-0.15, -0.1) is 0 Å². The molecule has 0 aromatic heterocycles. The van der Waals surface area contributed by atoms with Crippen LogP contribution in [0.1, 0.15) is 39.5 Å². The zero-order valence-corrected chi connectivity index (χ0v) is 11.6. The Hall–Kier alpha value is -0.800. The van der Waals surface area contributed by atoms with Crippen LogP contribution in [0.4, 0.5) is 0 Å². The monoisotopic (exact) mass is 242 g/mol. The molecular formula is C14H26O3. The van der Waals surface area contributed by atoms with E-state index in [0.29, 0.717) is 0 Å². The van der Waals surface area contributed by atoms with Gasteiger partial charge in [0.1, 0.15) is 0 Å². The number of methoxy groups -OCH3 is 2. The Morgan fingerprint density at radius 3 is 1.59 bits per heavy atom. The summed E-state index contributed by atoms with van der Waals surface area (Å²) in [6.07, 6.45) is 8.27. The molecule has 0 aromatic carbocycles. The molecule has 0 spiro atoms. The van der Waals surface area contributed by atoms with Crippen molar-refractivity contribution < 1.29 is 14.2 Å². The van der Waals surface area contributed by atoms with Crippen molar-refractivity contribution in [3.63, 3.8) is 0 Å². The third-order valence-electron chi connectivity index (χ3n) is 2.29. The number of rotatable bonds is 10. The lowest BCUT2D eigenvalue weighted by Gasteiger charge is -2.06. The average Bonchev–Trinajstić information content (AvgIpc) is 2.30. The first-order valence-electron chi connectivity index (χ1n) is 6.20. The fraction of sp³-hybridized carbons (Fsp3) is 0.714. The van der Waals surface area contributed by atoms with Crippen molar-refractivity contribution in [3.8, 4) is 0 Å². The predicted molar refractivity (Wildman–Crippen MR) is 70.8 cm³/mol. The fourth-order valence-electron chi connectivity index (χ4n) is 1.40. The summed E-state index contributed by atoms with van der Waals surface area (Å²) >= 11 is 0. The Labute approximate surface area is 105 Å². The molecule has 0 aliphatic rings. The number of allylic oxidation sites excluding steroid dienone is 4. The zero-order valence-electron chi connectivity index (χ0n) is 11.6. The normalized spacial score (nSPS) is 12.9. The van der Waals surface area contributed by atoms with Gasteiger partial charge in [0.15, 0.2) is 0 Å². The van der Waals surface area contributed by atoms with Crippen LogP contribution in [0.3, 0.4) is 0 Å². The minimum atomic E-state index is 0.801. The number of ether oxygens (including phenoxy) is 3. The molecule has 17 heavy (non-hydrogen) atoms. The van der Waals surface area contributed by atoms with Crippen molar-refractivity contribution in [1.29, 1.82) is 0 Å². The molecule has 0 rings (SSSR count). The van der Waals surface area contributed by atoms with Crippen molar-refractivity contribution in [2.45, 2.75) is 39.5 Å². The van der Waals surface area contributed by atoms with Crippen LogP contribution in [0.2, 0.25) is 0 Å². The highest BCUT2D eigenvalue weighted by atomic mass is 16.5. The van der Waals surface area contributed by atoms with E-state index in [4.69, 9.17) is 14.2 Å². The molecule has 0 saturated carbocycles. The molecule has 0 unspecified atom stereocenters. The summed E-state index contributed by atoms with van der Waals surface area (Å²) in [4.78, 5) is 0. The smallest absolute Gasteiger partial charge is 0.0965 e. The Kier molecular flexibility index (Phi) is 11.1. The summed E-state index contributed by atoms with van der Waals surface area (Å²) in [5, 5.41) is 0. The summed E-state index contributed by atoms with van der Waals surface area (Å²) in [5.74, 6) is 1.92. The van der Waals surface area contributed by atoms with Crippen LogP contribution in [0.15, 0.2) is 23.7 Å². The van der Waals surface area contributed by atoms with Crippen molar-refractivity contribution in [2.75, 3.05) is 27.4 Å². The van der Waals surface area contributed by atoms with E-state index in [-0.39, 0.29) is 0 Å². The molecule has 100 valence electrons.